The summed E-state index contributed by atoms with van der Waals surface area (Å²) in [6.45, 7) is 5.46. The van der Waals surface area contributed by atoms with Gasteiger partial charge in [0.05, 0.1) is 31.7 Å². The van der Waals surface area contributed by atoms with Gasteiger partial charge in [0.15, 0.2) is 11.5 Å². The third-order valence-corrected chi connectivity index (χ3v) is 4.40. The van der Waals surface area contributed by atoms with Crippen molar-refractivity contribution in [3.05, 3.63) is 39.8 Å². The minimum atomic E-state index is -0.937. The monoisotopic (exact) mass is 392 g/mol. The molecule has 0 bridgehead atoms. The van der Waals surface area contributed by atoms with Crippen molar-refractivity contribution in [1.82, 2.24) is 10.3 Å². The van der Waals surface area contributed by atoms with E-state index in [0.29, 0.717) is 42.0 Å². The first-order valence-corrected chi connectivity index (χ1v) is 9.70. The fourth-order valence-electron chi connectivity index (χ4n) is 2.33. The average molecular weight is 392 g/mol. The molecule has 2 rings (SSSR count). The molecule has 0 spiro atoms. The molecule has 2 N–H and O–H groups in total. The molecule has 0 unspecified atom stereocenters. The molecule has 0 atom stereocenters. The molecule has 0 saturated carbocycles. The Morgan fingerprint density at radius 1 is 1.19 bits per heavy atom. The SMILES string of the molecule is CCCOc1ccc(CNC(=O)Cc2nc(CC(=O)O)cs2)cc1OCC. The Hall–Kier alpha value is -2.61. The predicted octanol–water partition coefficient (Wildman–Crippen LogP) is 2.82. The quantitative estimate of drug-likeness (QED) is 0.610. The summed E-state index contributed by atoms with van der Waals surface area (Å²) in [5.74, 6) is 0.252. The first kappa shape index (κ1) is 20.7. The summed E-state index contributed by atoms with van der Waals surface area (Å²) in [6.07, 6.45) is 0.902. The maximum absolute atomic E-state index is 12.1. The Bertz CT molecular complexity index is 775. The zero-order valence-corrected chi connectivity index (χ0v) is 16.3. The van der Waals surface area contributed by atoms with Crippen LogP contribution in [0.3, 0.4) is 0 Å². The Balaban J connectivity index is 1.91. The second kappa shape index (κ2) is 10.5. The lowest BCUT2D eigenvalue weighted by molar-refractivity contribution is -0.136. The highest BCUT2D eigenvalue weighted by Crippen LogP contribution is 2.28. The molecule has 8 heteroatoms. The number of carbonyl (C=O) groups is 2. The topological polar surface area (TPSA) is 97.8 Å². The second-order valence-corrected chi connectivity index (χ2v) is 6.76. The van der Waals surface area contributed by atoms with E-state index in [0.717, 1.165) is 12.0 Å². The number of nitrogens with one attached hydrogen (secondary N) is 1. The van der Waals surface area contributed by atoms with Gasteiger partial charge in [-0.25, -0.2) is 4.98 Å². The average Bonchev–Trinajstić information content (AvgIpc) is 3.05. The van der Waals surface area contributed by atoms with Crippen molar-refractivity contribution in [1.29, 1.82) is 0 Å². The third kappa shape index (κ3) is 6.90. The molecule has 0 saturated heterocycles. The number of aliphatic carboxylic acids is 1. The molecule has 0 aliphatic rings. The maximum atomic E-state index is 12.1. The van der Waals surface area contributed by atoms with Gasteiger partial charge >= 0.3 is 5.97 Å². The van der Waals surface area contributed by atoms with E-state index in [2.05, 4.69) is 10.3 Å². The highest BCUT2D eigenvalue weighted by molar-refractivity contribution is 7.09. The lowest BCUT2D eigenvalue weighted by atomic mass is 10.2. The summed E-state index contributed by atoms with van der Waals surface area (Å²) in [6, 6.07) is 5.60. The van der Waals surface area contributed by atoms with E-state index in [1.807, 2.05) is 32.0 Å². The summed E-state index contributed by atoms with van der Waals surface area (Å²) in [4.78, 5) is 27.0. The predicted molar refractivity (Wildman–Crippen MR) is 102 cm³/mol. The van der Waals surface area contributed by atoms with Gasteiger partial charge in [-0.3, -0.25) is 9.59 Å². The summed E-state index contributed by atoms with van der Waals surface area (Å²) in [5.41, 5.74) is 1.38. The van der Waals surface area contributed by atoms with Crippen LogP contribution in [0.25, 0.3) is 0 Å². The van der Waals surface area contributed by atoms with Gasteiger partial charge in [0.1, 0.15) is 5.01 Å². The van der Waals surface area contributed by atoms with Gasteiger partial charge in [0.2, 0.25) is 5.91 Å². The van der Waals surface area contributed by atoms with E-state index in [9.17, 15) is 9.59 Å². The number of carboxylic acids is 1. The number of aromatic nitrogens is 1. The standard InChI is InChI=1S/C19H24N2O5S/c1-3-7-26-15-6-5-13(8-16(15)25-4-2)11-20-17(22)10-18-21-14(12-27-18)9-19(23)24/h5-6,8,12H,3-4,7,9-11H2,1-2H3,(H,20,22)(H,23,24). The van der Waals surface area contributed by atoms with Crippen LogP contribution >= 0.6 is 11.3 Å². The van der Waals surface area contributed by atoms with Crippen LogP contribution in [-0.4, -0.2) is 35.2 Å². The Morgan fingerprint density at radius 3 is 2.70 bits per heavy atom. The van der Waals surface area contributed by atoms with Gasteiger partial charge in [-0.05, 0) is 31.0 Å². The van der Waals surface area contributed by atoms with Crippen molar-refractivity contribution in [3.63, 3.8) is 0 Å². The normalized spacial score (nSPS) is 10.4. The summed E-state index contributed by atoms with van der Waals surface area (Å²) in [7, 11) is 0. The zero-order valence-electron chi connectivity index (χ0n) is 15.5. The fourth-order valence-corrected chi connectivity index (χ4v) is 3.12. The first-order chi connectivity index (χ1) is 13.0. The Morgan fingerprint density at radius 2 is 2.00 bits per heavy atom. The largest absolute Gasteiger partial charge is 0.490 e. The number of rotatable bonds is 11. The number of hydrogen-bond acceptors (Lipinski definition) is 6. The number of ether oxygens (including phenoxy) is 2. The van der Waals surface area contributed by atoms with Crippen LogP contribution in [0.15, 0.2) is 23.6 Å². The number of benzene rings is 1. The molecule has 27 heavy (non-hydrogen) atoms. The molecule has 1 aromatic heterocycles. The smallest absolute Gasteiger partial charge is 0.309 e. The van der Waals surface area contributed by atoms with Gasteiger partial charge in [-0.2, -0.15) is 0 Å². The van der Waals surface area contributed by atoms with Crippen LogP contribution in [0.4, 0.5) is 0 Å². The van der Waals surface area contributed by atoms with E-state index in [4.69, 9.17) is 14.6 Å². The number of amides is 1. The van der Waals surface area contributed by atoms with Gasteiger partial charge in [0.25, 0.3) is 0 Å². The zero-order chi connectivity index (χ0) is 19.6. The molecule has 1 amide bonds. The number of carbonyl (C=O) groups excluding carboxylic acids is 1. The van der Waals surface area contributed by atoms with E-state index < -0.39 is 5.97 Å². The highest BCUT2D eigenvalue weighted by atomic mass is 32.1. The van der Waals surface area contributed by atoms with Crippen molar-refractivity contribution in [2.75, 3.05) is 13.2 Å². The van der Waals surface area contributed by atoms with Gasteiger partial charge < -0.3 is 19.9 Å². The van der Waals surface area contributed by atoms with Crippen LogP contribution in [0, 0.1) is 0 Å². The molecule has 0 aliphatic heterocycles. The van der Waals surface area contributed by atoms with Crippen molar-refractivity contribution in [2.45, 2.75) is 39.7 Å². The van der Waals surface area contributed by atoms with E-state index in [-0.39, 0.29) is 18.7 Å². The molecule has 1 aromatic carbocycles. The summed E-state index contributed by atoms with van der Waals surface area (Å²) < 4.78 is 11.3. The van der Waals surface area contributed by atoms with Crippen LogP contribution in [0.5, 0.6) is 11.5 Å². The molecule has 2 aromatic rings. The van der Waals surface area contributed by atoms with Crippen LogP contribution in [-0.2, 0) is 29.0 Å². The van der Waals surface area contributed by atoms with Gasteiger partial charge in [-0.15, -0.1) is 11.3 Å². The number of thiazole rings is 1. The minimum Gasteiger partial charge on any atom is -0.490 e. The molecule has 1 heterocycles. The van der Waals surface area contributed by atoms with E-state index in [1.54, 1.807) is 5.38 Å². The highest BCUT2D eigenvalue weighted by Gasteiger charge is 2.11. The van der Waals surface area contributed by atoms with Crippen molar-refractivity contribution in [3.8, 4) is 11.5 Å². The minimum absolute atomic E-state index is 0.125. The lowest BCUT2D eigenvalue weighted by Crippen LogP contribution is -2.24. The first-order valence-electron chi connectivity index (χ1n) is 8.82. The number of nitrogens with zero attached hydrogens (tertiary/aromatic N) is 1. The summed E-state index contributed by atoms with van der Waals surface area (Å²) in [5, 5.41) is 13.9. The molecule has 146 valence electrons. The number of carboxylic acid groups (broad SMARTS) is 1. The molecular weight excluding hydrogens is 368 g/mol. The maximum Gasteiger partial charge on any atom is 0.309 e. The Kier molecular flexibility index (Phi) is 8.06. The molecule has 0 fully saturated rings. The van der Waals surface area contributed by atoms with Crippen molar-refractivity contribution < 1.29 is 24.2 Å². The second-order valence-electron chi connectivity index (χ2n) is 5.82. The van der Waals surface area contributed by atoms with Gasteiger partial charge in [0, 0.05) is 11.9 Å². The fraction of sp³-hybridized carbons (Fsp3) is 0.421. The van der Waals surface area contributed by atoms with Crippen LogP contribution in [0.2, 0.25) is 0 Å². The lowest BCUT2D eigenvalue weighted by Gasteiger charge is -2.13. The van der Waals surface area contributed by atoms with E-state index in [1.165, 1.54) is 11.3 Å². The van der Waals surface area contributed by atoms with Gasteiger partial charge in [-0.1, -0.05) is 13.0 Å². The summed E-state index contributed by atoms with van der Waals surface area (Å²) >= 11 is 1.29. The van der Waals surface area contributed by atoms with Crippen molar-refractivity contribution in [2.24, 2.45) is 0 Å². The molecule has 7 nitrogen and oxygen atoms in total. The van der Waals surface area contributed by atoms with Crippen LogP contribution in [0.1, 0.15) is 36.5 Å². The third-order valence-electron chi connectivity index (χ3n) is 3.50. The Labute approximate surface area is 162 Å². The number of hydrogen-bond donors (Lipinski definition) is 2. The molecule has 0 radical (unpaired) electrons. The molecular formula is C19H24N2O5S. The molecule has 0 aliphatic carbocycles. The van der Waals surface area contributed by atoms with Crippen LogP contribution < -0.4 is 14.8 Å². The van der Waals surface area contributed by atoms with E-state index >= 15 is 0 Å². The van der Waals surface area contributed by atoms with Crippen molar-refractivity contribution >= 4 is 23.2 Å².